The summed E-state index contributed by atoms with van der Waals surface area (Å²) in [7, 11) is 2.10. The molecule has 0 aliphatic heterocycles. The molecule has 0 aromatic rings. The van der Waals surface area contributed by atoms with Crippen molar-refractivity contribution in [3.63, 3.8) is 0 Å². The van der Waals surface area contributed by atoms with Gasteiger partial charge in [-0.05, 0) is 25.3 Å². The molecule has 2 nitrogen and oxygen atoms in total. The van der Waals surface area contributed by atoms with E-state index in [2.05, 4.69) is 47.8 Å². The summed E-state index contributed by atoms with van der Waals surface area (Å²) in [6.07, 6.45) is 3.00. The maximum Gasteiger partial charge on any atom is 0.0635 e. The third kappa shape index (κ3) is 4.43. The van der Waals surface area contributed by atoms with Crippen LogP contribution in [-0.2, 0) is 0 Å². The first kappa shape index (κ1) is 13.9. The first-order valence-electron chi connectivity index (χ1n) is 5.25. The summed E-state index contributed by atoms with van der Waals surface area (Å²) < 4.78 is 0. The Balaban J connectivity index is 4.09. The van der Waals surface area contributed by atoms with Crippen LogP contribution in [0.3, 0.4) is 0 Å². The lowest BCUT2D eigenvalue weighted by Crippen LogP contribution is -2.36. The van der Waals surface area contributed by atoms with Gasteiger partial charge < -0.3 is 4.90 Å². The fraction of sp³-hybridized carbons (Fsp3) is 0.909. The van der Waals surface area contributed by atoms with Crippen molar-refractivity contribution in [2.45, 2.75) is 33.1 Å². The SMILES string of the molecule is CCC(CC)(CBr)CN(C)CCC#N. The molecule has 0 aliphatic carbocycles. The molecule has 0 bridgehead atoms. The van der Waals surface area contributed by atoms with E-state index in [1.165, 1.54) is 12.8 Å². The summed E-state index contributed by atoms with van der Waals surface area (Å²) in [6.45, 7) is 6.43. The van der Waals surface area contributed by atoms with Gasteiger partial charge in [0.15, 0.2) is 0 Å². The molecule has 0 N–H and O–H groups in total. The van der Waals surface area contributed by atoms with Crippen molar-refractivity contribution in [1.82, 2.24) is 4.90 Å². The Morgan fingerprint density at radius 3 is 2.29 bits per heavy atom. The zero-order valence-electron chi connectivity index (χ0n) is 9.52. The molecule has 14 heavy (non-hydrogen) atoms. The summed E-state index contributed by atoms with van der Waals surface area (Å²) in [6, 6.07) is 2.19. The molecule has 0 aromatic heterocycles. The van der Waals surface area contributed by atoms with E-state index in [1.807, 2.05) is 0 Å². The molecule has 0 saturated heterocycles. The number of halogens is 1. The highest BCUT2D eigenvalue weighted by Crippen LogP contribution is 2.29. The topological polar surface area (TPSA) is 27.0 Å². The van der Waals surface area contributed by atoms with Crippen LogP contribution in [0, 0.1) is 16.7 Å². The van der Waals surface area contributed by atoms with Gasteiger partial charge in [0, 0.05) is 24.8 Å². The van der Waals surface area contributed by atoms with Crippen molar-refractivity contribution in [2.75, 3.05) is 25.5 Å². The van der Waals surface area contributed by atoms with Crippen molar-refractivity contribution >= 4 is 15.9 Å². The van der Waals surface area contributed by atoms with Crippen LogP contribution in [0.5, 0.6) is 0 Å². The lowest BCUT2D eigenvalue weighted by molar-refractivity contribution is 0.188. The molecule has 0 atom stereocenters. The van der Waals surface area contributed by atoms with Crippen LogP contribution in [0.2, 0.25) is 0 Å². The molecule has 82 valence electrons. The van der Waals surface area contributed by atoms with Gasteiger partial charge >= 0.3 is 0 Å². The molecule has 0 amide bonds. The highest BCUT2D eigenvalue weighted by Gasteiger charge is 2.25. The molecule has 0 aliphatic rings. The van der Waals surface area contributed by atoms with Crippen molar-refractivity contribution in [3.05, 3.63) is 0 Å². The maximum atomic E-state index is 8.50. The molecule has 0 spiro atoms. The molecule has 0 fully saturated rings. The van der Waals surface area contributed by atoms with Gasteiger partial charge in [-0.1, -0.05) is 29.8 Å². The number of rotatable bonds is 7. The van der Waals surface area contributed by atoms with Crippen LogP contribution >= 0.6 is 15.9 Å². The number of nitrogens with zero attached hydrogens (tertiary/aromatic N) is 2. The van der Waals surface area contributed by atoms with Crippen molar-refractivity contribution in [3.8, 4) is 6.07 Å². The molecular formula is C11H21BrN2. The molecule has 0 aromatic carbocycles. The fourth-order valence-corrected chi connectivity index (χ4v) is 2.57. The summed E-state index contributed by atoms with van der Waals surface area (Å²) in [5.74, 6) is 0. The lowest BCUT2D eigenvalue weighted by atomic mass is 9.84. The second kappa shape index (κ2) is 7.25. The minimum absolute atomic E-state index is 0.379. The van der Waals surface area contributed by atoms with Crippen molar-refractivity contribution in [1.29, 1.82) is 5.26 Å². The van der Waals surface area contributed by atoms with Gasteiger partial charge in [0.1, 0.15) is 0 Å². The first-order valence-corrected chi connectivity index (χ1v) is 6.37. The van der Waals surface area contributed by atoms with Crippen LogP contribution < -0.4 is 0 Å². The predicted molar refractivity (Wildman–Crippen MR) is 64.5 cm³/mol. The van der Waals surface area contributed by atoms with E-state index in [0.717, 1.165) is 18.4 Å². The minimum Gasteiger partial charge on any atom is -0.305 e. The minimum atomic E-state index is 0.379. The molecule has 0 heterocycles. The molecule has 0 unspecified atom stereocenters. The smallest absolute Gasteiger partial charge is 0.0635 e. The molecule has 0 saturated carbocycles. The van der Waals surface area contributed by atoms with E-state index < -0.39 is 0 Å². The van der Waals surface area contributed by atoms with E-state index in [1.54, 1.807) is 0 Å². The third-order valence-electron chi connectivity index (χ3n) is 2.99. The van der Waals surface area contributed by atoms with Gasteiger partial charge in [0.2, 0.25) is 0 Å². The normalized spacial score (nSPS) is 11.7. The average molecular weight is 261 g/mol. The highest BCUT2D eigenvalue weighted by molar-refractivity contribution is 9.09. The Morgan fingerprint density at radius 1 is 1.36 bits per heavy atom. The Kier molecular flexibility index (Phi) is 7.22. The Morgan fingerprint density at radius 2 is 1.93 bits per heavy atom. The first-order chi connectivity index (χ1) is 6.64. The number of hydrogen-bond acceptors (Lipinski definition) is 2. The van der Waals surface area contributed by atoms with E-state index in [9.17, 15) is 0 Å². The van der Waals surface area contributed by atoms with Gasteiger partial charge in [-0.3, -0.25) is 0 Å². The summed E-state index contributed by atoms with van der Waals surface area (Å²) >= 11 is 3.60. The predicted octanol–water partition coefficient (Wildman–Crippen LogP) is 3.03. The lowest BCUT2D eigenvalue weighted by Gasteiger charge is -2.33. The van der Waals surface area contributed by atoms with Crippen LogP contribution in [0.25, 0.3) is 0 Å². The van der Waals surface area contributed by atoms with Gasteiger partial charge in [-0.25, -0.2) is 0 Å². The monoisotopic (exact) mass is 260 g/mol. The van der Waals surface area contributed by atoms with Crippen LogP contribution in [0.4, 0.5) is 0 Å². The van der Waals surface area contributed by atoms with E-state index in [0.29, 0.717) is 11.8 Å². The quantitative estimate of drug-likeness (QED) is 0.659. The summed E-state index contributed by atoms with van der Waals surface area (Å²) in [4.78, 5) is 2.26. The van der Waals surface area contributed by atoms with Gasteiger partial charge in [-0.2, -0.15) is 5.26 Å². The van der Waals surface area contributed by atoms with Gasteiger partial charge in [0.25, 0.3) is 0 Å². The van der Waals surface area contributed by atoms with Crippen molar-refractivity contribution in [2.24, 2.45) is 5.41 Å². The summed E-state index contributed by atoms with van der Waals surface area (Å²) in [5, 5.41) is 9.54. The highest BCUT2D eigenvalue weighted by atomic mass is 79.9. The second-order valence-electron chi connectivity index (χ2n) is 3.99. The molecule has 3 heteroatoms. The largest absolute Gasteiger partial charge is 0.305 e. The fourth-order valence-electron chi connectivity index (χ4n) is 1.60. The Bertz CT molecular complexity index is 174. The molecule has 0 radical (unpaired) electrons. The Hall–Kier alpha value is -0.0700. The van der Waals surface area contributed by atoms with E-state index in [4.69, 9.17) is 5.26 Å². The standard InChI is InChI=1S/C11H21BrN2/c1-4-11(5-2,9-12)10-14(3)8-6-7-13/h4-6,8-10H2,1-3H3. The van der Waals surface area contributed by atoms with Crippen LogP contribution in [0.1, 0.15) is 33.1 Å². The zero-order chi connectivity index (χ0) is 11.0. The average Bonchev–Trinajstić information content (AvgIpc) is 2.23. The Labute approximate surface area is 96.4 Å². The van der Waals surface area contributed by atoms with E-state index in [-0.39, 0.29) is 0 Å². The third-order valence-corrected chi connectivity index (χ3v) is 4.18. The maximum absolute atomic E-state index is 8.50. The van der Waals surface area contributed by atoms with Gasteiger partial charge in [-0.15, -0.1) is 0 Å². The van der Waals surface area contributed by atoms with Crippen molar-refractivity contribution < 1.29 is 0 Å². The molecule has 0 rings (SSSR count). The second-order valence-corrected chi connectivity index (χ2v) is 4.55. The van der Waals surface area contributed by atoms with Crippen LogP contribution in [-0.4, -0.2) is 30.4 Å². The number of alkyl halides is 1. The molecular weight excluding hydrogens is 240 g/mol. The van der Waals surface area contributed by atoms with Gasteiger partial charge in [0.05, 0.1) is 6.07 Å². The summed E-state index contributed by atoms with van der Waals surface area (Å²) in [5.41, 5.74) is 0.379. The van der Waals surface area contributed by atoms with Crippen LogP contribution in [0.15, 0.2) is 0 Å². The van der Waals surface area contributed by atoms with E-state index >= 15 is 0 Å². The number of nitriles is 1. The zero-order valence-corrected chi connectivity index (χ0v) is 11.1. The number of hydrogen-bond donors (Lipinski definition) is 0.